The molecule has 1 aromatic rings. The minimum atomic E-state index is 0.00911. The topological polar surface area (TPSA) is 59.0 Å². The Labute approximate surface area is 137 Å². The normalized spacial score (nSPS) is 18.8. The molecule has 1 amide bonds. The molecule has 1 saturated carbocycles. The Kier molecular flexibility index (Phi) is 5.06. The van der Waals surface area contributed by atoms with E-state index in [1.165, 1.54) is 12.8 Å². The maximum atomic E-state index is 12.8. The Bertz CT molecular complexity index is 548. The molecule has 0 atom stereocenters. The molecule has 126 valence electrons. The van der Waals surface area contributed by atoms with Crippen molar-refractivity contribution in [2.45, 2.75) is 25.7 Å². The third-order valence-corrected chi connectivity index (χ3v) is 4.75. The van der Waals surface area contributed by atoms with E-state index < -0.39 is 0 Å². The predicted molar refractivity (Wildman–Crippen MR) is 86.9 cm³/mol. The van der Waals surface area contributed by atoms with Gasteiger partial charge in [-0.05, 0) is 49.7 Å². The van der Waals surface area contributed by atoms with Gasteiger partial charge in [0.1, 0.15) is 11.5 Å². The second kappa shape index (κ2) is 7.21. The minimum Gasteiger partial charge on any atom is -0.497 e. The van der Waals surface area contributed by atoms with Gasteiger partial charge in [-0.15, -0.1) is 0 Å². The van der Waals surface area contributed by atoms with Crippen molar-refractivity contribution in [1.82, 2.24) is 4.90 Å². The lowest BCUT2D eigenvalue weighted by atomic mass is 9.97. The molecule has 0 spiro atoms. The molecule has 1 heterocycles. The lowest BCUT2D eigenvalue weighted by Gasteiger charge is -2.31. The molecular weight excluding hydrogens is 294 g/mol. The molecule has 1 N–H and O–H groups in total. The van der Waals surface area contributed by atoms with Crippen molar-refractivity contribution in [3.8, 4) is 11.5 Å². The van der Waals surface area contributed by atoms with Gasteiger partial charge in [0.15, 0.2) is 0 Å². The fourth-order valence-electron chi connectivity index (χ4n) is 2.91. The van der Waals surface area contributed by atoms with Gasteiger partial charge >= 0.3 is 0 Å². The number of carbonyl (C=O) groups excluding carboxylic acids is 1. The fourth-order valence-corrected chi connectivity index (χ4v) is 2.91. The van der Waals surface area contributed by atoms with Crippen LogP contribution in [-0.2, 0) is 0 Å². The molecule has 0 aromatic heterocycles. The maximum absolute atomic E-state index is 12.8. The number of hydrogen-bond acceptors (Lipinski definition) is 4. The number of rotatable bonds is 6. The highest BCUT2D eigenvalue weighted by atomic mass is 16.5. The molecule has 2 aliphatic rings. The zero-order chi connectivity index (χ0) is 16.2. The number of amides is 1. The Balaban J connectivity index is 1.72. The lowest BCUT2D eigenvalue weighted by molar-refractivity contribution is 0.0646. The molecule has 5 nitrogen and oxygen atoms in total. The standard InChI is InChI=1S/C18H25NO4/c1-22-15-4-5-16(17(10-15)23-12-14-2-3-14)18(21)19-8-6-13(11-20)7-9-19/h4-5,10,13-14,20H,2-3,6-9,11-12H2,1H3. The van der Waals surface area contributed by atoms with Crippen LogP contribution < -0.4 is 9.47 Å². The zero-order valence-electron chi connectivity index (χ0n) is 13.7. The highest BCUT2D eigenvalue weighted by molar-refractivity contribution is 5.97. The summed E-state index contributed by atoms with van der Waals surface area (Å²) in [4.78, 5) is 14.7. The number of methoxy groups -OCH3 is 1. The number of likely N-dealkylation sites (tertiary alicyclic amines) is 1. The molecule has 1 saturated heterocycles. The summed E-state index contributed by atoms with van der Waals surface area (Å²) in [6.45, 7) is 2.26. The number of nitrogens with zero attached hydrogens (tertiary/aromatic N) is 1. The molecule has 2 fully saturated rings. The number of carbonyl (C=O) groups is 1. The number of ether oxygens (including phenoxy) is 2. The third-order valence-electron chi connectivity index (χ3n) is 4.75. The monoisotopic (exact) mass is 319 g/mol. The van der Waals surface area contributed by atoms with E-state index >= 15 is 0 Å². The Morgan fingerprint density at radius 3 is 2.57 bits per heavy atom. The van der Waals surface area contributed by atoms with E-state index in [4.69, 9.17) is 9.47 Å². The van der Waals surface area contributed by atoms with Gasteiger partial charge in [-0.3, -0.25) is 4.79 Å². The van der Waals surface area contributed by atoms with Crippen molar-refractivity contribution in [3.05, 3.63) is 23.8 Å². The zero-order valence-corrected chi connectivity index (χ0v) is 13.7. The average Bonchev–Trinajstić information content (AvgIpc) is 3.43. The van der Waals surface area contributed by atoms with Crippen molar-refractivity contribution >= 4 is 5.91 Å². The molecule has 1 aromatic carbocycles. The Morgan fingerprint density at radius 1 is 1.22 bits per heavy atom. The Hall–Kier alpha value is -1.75. The van der Waals surface area contributed by atoms with Gasteiger partial charge in [0.2, 0.25) is 0 Å². The first-order chi connectivity index (χ1) is 11.2. The van der Waals surface area contributed by atoms with Crippen LogP contribution in [0.3, 0.4) is 0 Å². The van der Waals surface area contributed by atoms with Gasteiger partial charge in [0.25, 0.3) is 5.91 Å². The van der Waals surface area contributed by atoms with Crippen molar-refractivity contribution in [2.75, 3.05) is 33.4 Å². The maximum Gasteiger partial charge on any atom is 0.257 e. The number of hydrogen-bond donors (Lipinski definition) is 1. The van der Waals surface area contributed by atoms with Gasteiger partial charge in [0, 0.05) is 25.8 Å². The largest absolute Gasteiger partial charge is 0.497 e. The van der Waals surface area contributed by atoms with Crippen LogP contribution in [-0.4, -0.2) is 49.3 Å². The average molecular weight is 319 g/mol. The van der Waals surface area contributed by atoms with E-state index in [1.807, 2.05) is 4.90 Å². The molecule has 1 aliphatic carbocycles. The number of aliphatic hydroxyl groups excluding tert-OH is 1. The second-order valence-corrected chi connectivity index (χ2v) is 6.53. The van der Waals surface area contributed by atoms with Gasteiger partial charge in [-0.2, -0.15) is 0 Å². The summed E-state index contributed by atoms with van der Waals surface area (Å²) in [5.41, 5.74) is 0.605. The van der Waals surface area contributed by atoms with Gasteiger partial charge in [-0.25, -0.2) is 0 Å². The molecule has 3 rings (SSSR count). The first kappa shape index (κ1) is 16.1. The summed E-state index contributed by atoms with van der Waals surface area (Å²) < 4.78 is 11.1. The van der Waals surface area contributed by atoms with Crippen molar-refractivity contribution in [1.29, 1.82) is 0 Å². The number of benzene rings is 1. The molecule has 0 radical (unpaired) electrons. The van der Waals surface area contributed by atoms with E-state index in [9.17, 15) is 9.90 Å². The fraction of sp³-hybridized carbons (Fsp3) is 0.611. The van der Waals surface area contributed by atoms with Crippen molar-refractivity contribution < 1.29 is 19.4 Å². The van der Waals surface area contributed by atoms with Gasteiger partial charge in [0.05, 0.1) is 19.3 Å². The Morgan fingerprint density at radius 2 is 1.96 bits per heavy atom. The summed E-state index contributed by atoms with van der Waals surface area (Å²) >= 11 is 0. The van der Waals surface area contributed by atoms with Crippen LogP contribution in [0.2, 0.25) is 0 Å². The number of piperidine rings is 1. The van der Waals surface area contributed by atoms with Crippen LogP contribution in [0.15, 0.2) is 18.2 Å². The molecule has 0 bridgehead atoms. The van der Waals surface area contributed by atoms with Crippen LogP contribution in [0.4, 0.5) is 0 Å². The third kappa shape index (κ3) is 3.96. The van der Waals surface area contributed by atoms with E-state index in [0.29, 0.717) is 48.6 Å². The van der Waals surface area contributed by atoms with E-state index in [1.54, 1.807) is 25.3 Å². The molecule has 23 heavy (non-hydrogen) atoms. The van der Waals surface area contributed by atoms with Crippen LogP contribution >= 0.6 is 0 Å². The smallest absolute Gasteiger partial charge is 0.257 e. The molecule has 0 unspecified atom stereocenters. The summed E-state index contributed by atoms with van der Waals surface area (Å²) in [6, 6.07) is 5.40. The van der Waals surface area contributed by atoms with Gasteiger partial charge in [-0.1, -0.05) is 0 Å². The van der Waals surface area contributed by atoms with Crippen LogP contribution in [0.25, 0.3) is 0 Å². The lowest BCUT2D eigenvalue weighted by Crippen LogP contribution is -2.39. The van der Waals surface area contributed by atoms with E-state index in [-0.39, 0.29) is 12.5 Å². The summed E-state index contributed by atoms with van der Waals surface area (Å²) in [5, 5.41) is 9.23. The van der Waals surface area contributed by atoms with Crippen molar-refractivity contribution in [3.63, 3.8) is 0 Å². The number of aliphatic hydroxyl groups is 1. The van der Waals surface area contributed by atoms with E-state index in [0.717, 1.165) is 12.8 Å². The summed E-state index contributed by atoms with van der Waals surface area (Å²) in [7, 11) is 1.61. The highest BCUT2D eigenvalue weighted by Crippen LogP contribution is 2.32. The minimum absolute atomic E-state index is 0.00911. The van der Waals surface area contributed by atoms with Gasteiger partial charge < -0.3 is 19.5 Å². The highest BCUT2D eigenvalue weighted by Gasteiger charge is 2.27. The summed E-state index contributed by atoms with van der Waals surface area (Å²) in [5.74, 6) is 2.27. The predicted octanol–water partition coefficient (Wildman–Crippen LogP) is 2.33. The van der Waals surface area contributed by atoms with Crippen molar-refractivity contribution in [2.24, 2.45) is 11.8 Å². The molecule has 5 heteroatoms. The second-order valence-electron chi connectivity index (χ2n) is 6.53. The molecular formula is C18H25NO4. The first-order valence-corrected chi connectivity index (χ1v) is 8.42. The quantitative estimate of drug-likeness (QED) is 0.874. The van der Waals surface area contributed by atoms with Crippen LogP contribution in [0, 0.1) is 11.8 Å². The van der Waals surface area contributed by atoms with Crippen LogP contribution in [0.5, 0.6) is 11.5 Å². The van der Waals surface area contributed by atoms with E-state index in [2.05, 4.69) is 0 Å². The first-order valence-electron chi connectivity index (χ1n) is 8.42. The molecule has 1 aliphatic heterocycles. The SMILES string of the molecule is COc1ccc(C(=O)N2CCC(CO)CC2)c(OCC2CC2)c1. The summed E-state index contributed by atoms with van der Waals surface area (Å²) in [6.07, 6.45) is 4.14. The van der Waals surface area contributed by atoms with Crippen LogP contribution in [0.1, 0.15) is 36.0 Å².